The molecule has 1 fully saturated rings. The van der Waals surface area contributed by atoms with Gasteiger partial charge in [0.2, 0.25) is 0 Å². The summed E-state index contributed by atoms with van der Waals surface area (Å²) in [7, 11) is 4.37. The molecular weight excluding hydrogens is 186 g/mol. The Hall–Kier alpha value is -0.120. The summed E-state index contributed by atoms with van der Waals surface area (Å²) in [5, 5.41) is 0. The minimum absolute atomic E-state index is 0.603. The highest BCUT2D eigenvalue weighted by molar-refractivity contribution is 4.83. The smallest absolute Gasteiger partial charge is 0.0217 e. The summed E-state index contributed by atoms with van der Waals surface area (Å²) >= 11 is 0. The molecule has 2 N–H and O–H groups in total. The molecule has 3 nitrogen and oxygen atoms in total. The van der Waals surface area contributed by atoms with Gasteiger partial charge in [-0.25, -0.2) is 0 Å². The maximum Gasteiger partial charge on any atom is 0.0217 e. The standard InChI is InChI=1S/C12H27N3/c1-10(8-13)11(2)15-7-5-6-12(9-15)14(3)4/h10-12H,5-9,13H2,1-4H3. The number of hydrogen-bond acceptors (Lipinski definition) is 3. The number of hydrogen-bond donors (Lipinski definition) is 1. The lowest BCUT2D eigenvalue weighted by Crippen LogP contribution is -2.50. The van der Waals surface area contributed by atoms with Crippen molar-refractivity contribution in [3.05, 3.63) is 0 Å². The number of likely N-dealkylation sites (N-methyl/N-ethyl adjacent to an activating group) is 1. The van der Waals surface area contributed by atoms with Crippen LogP contribution < -0.4 is 5.73 Å². The van der Waals surface area contributed by atoms with E-state index in [1.54, 1.807) is 0 Å². The van der Waals surface area contributed by atoms with Gasteiger partial charge in [-0.2, -0.15) is 0 Å². The molecule has 0 radical (unpaired) electrons. The normalized spacial score (nSPS) is 28.0. The van der Waals surface area contributed by atoms with Gasteiger partial charge < -0.3 is 10.6 Å². The van der Waals surface area contributed by atoms with Crippen LogP contribution in [0.4, 0.5) is 0 Å². The predicted octanol–water partition coefficient (Wildman–Crippen LogP) is 0.996. The van der Waals surface area contributed by atoms with E-state index in [0.29, 0.717) is 12.0 Å². The van der Waals surface area contributed by atoms with Crippen molar-refractivity contribution in [1.29, 1.82) is 0 Å². The molecule has 3 heteroatoms. The van der Waals surface area contributed by atoms with Crippen molar-refractivity contribution >= 4 is 0 Å². The van der Waals surface area contributed by atoms with E-state index in [1.807, 2.05) is 0 Å². The van der Waals surface area contributed by atoms with Crippen molar-refractivity contribution in [3.8, 4) is 0 Å². The SMILES string of the molecule is CC(CN)C(C)N1CCCC(N(C)C)C1. The van der Waals surface area contributed by atoms with Crippen LogP contribution in [0.15, 0.2) is 0 Å². The van der Waals surface area contributed by atoms with Crippen molar-refractivity contribution in [2.45, 2.75) is 38.8 Å². The Morgan fingerprint density at radius 3 is 2.60 bits per heavy atom. The molecule has 1 aliphatic heterocycles. The van der Waals surface area contributed by atoms with E-state index in [-0.39, 0.29) is 0 Å². The maximum absolute atomic E-state index is 5.74. The van der Waals surface area contributed by atoms with E-state index < -0.39 is 0 Å². The first-order valence-electron chi connectivity index (χ1n) is 6.16. The molecule has 0 bridgehead atoms. The van der Waals surface area contributed by atoms with E-state index in [1.165, 1.54) is 25.9 Å². The molecule has 0 aromatic rings. The second-order valence-corrected chi connectivity index (χ2v) is 5.21. The number of nitrogens with two attached hydrogens (primary N) is 1. The minimum Gasteiger partial charge on any atom is -0.330 e. The Bertz CT molecular complexity index is 182. The third-order valence-electron chi connectivity index (χ3n) is 3.93. The van der Waals surface area contributed by atoms with Gasteiger partial charge in [0.1, 0.15) is 0 Å². The summed E-state index contributed by atoms with van der Waals surface area (Å²) in [5.41, 5.74) is 5.74. The Balaban J connectivity index is 2.48. The van der Waals surface area contributed by atoms with Crippen molar-refractivity contribution in [2.24, 2.45) is 11.7 Å². The monoisotopic (exact) mass is 213 g/mol. The van der Waals surface area contributed by atoms with Crippen LogP contribution in [0.2, 0.25) is 0 Å². The lowest BCUT2D eigenvalue weighted by molar-refractivity contribution is 0.0819. The number of likely N-dealkylation sites (tertiary alicyclic amines) is 1. The molecule has 0 spiro atoms. The van der Waals surface area contributed by atoms with Crippen molar-refractivity contribution in [2.75, 3.05) is 33.7 Å². The Labute approximate surface area is 94.6 Å². The first-order chi connectivity index (χ1) is 7.06. The first-order valence-corrected chi connectivity index (χ1v) is 6.16. The van der Waals surface area contributed by atoms with Crippen molar-refractivity contribution in [1.82, 2.24) is 9.80 Å². The van der Waals surface area contributed by atoms with Crippen LogP contribution in [0.1, 0.15) is 26.7 Å². The van der Waals surface area contributed by atoms with Crippen LogP contribution in [0.3, 0.4) is 0 Å². The lowest BCUT2D eigenvalue weighted by atomic mass is 9.97. The van der Waals surface area contributed by atoms with E-state index in [2.05, 4.69) is 37.7 Å². The molecular formula is C12H27N3. The highest BCUT2D eigenvalue weighted by Crippen LogP contribution is 2.19. The summed E-state index contributed by atoms with van der Waals surface area (Å²) in [6.07, 6.45) is 2.66. The summed E-state index contributed by atoms with van der Waals surface area (Å²) in [6.45, 7) is 7.82. The minimum atomic E-state index is 0.603. The molecule has 0 aromatic heterocycles. The number of nitrogens with zero attached hydrogens (tertiary/aromatic N) is 2. The number of rotatable bonds is 4. The molecule has 15 heavy (non-hydrogen) atoms. The Morgan fingerprint density at radius 2 is 2.07 bits per heavy atom. The molecule has 90 valence electrons. The molecule has 1 saturated heterocycles. The highest BCUT2D eigenvalue weighted by atomic mass is 15.2. The largest absolute Gasteiger partial charge is 0.330 e. The van der Waals surface area contributed by atoms with Crippen molar-refractivity contribution in [3.63, 3.8) is 0 Å². The zero-order chi connectivity index (χ0) is 11.4. The molecule has 0 aromatic carbocycles. The molecule has 1 aliphatic rings. The molecule has 1 heterocycles. The topological polar surface area (TPSA) is 32.5 Å². The third-order valence-corrected chi connectivity index (χ3v) is 3.93. The maximum atomic E-state index is 5.74. The summed E-state index contributed by atoms with van der Waals surface area (Å²) in [4.78, 5) is 4.96. The zero-order valence-corrected chi connectivity index (χ0v) is 10.7. The second-order valence-electron chi connectivity index (χ2n) is 5.21. The second kappa shape index (κ2) is 5.83. The quantitative estimate of drug-likeness (QED) is 0.756. The van der Waals surface area contributed by atoms with Gasteiger partial charge in [-0.3, -0.25) is 4.90 Å². The number of piperidine rings is 1. The fourth-order valence-electron chi connectivity index (χ4n) is 2.33. The zero-order valence-electron chi connectivity index (χ0n) is 10.7. The summed E-state index contributed by atoms with van der Waals surface area (Å²) < 4.78 is 0. The van der Waals surface area contributed by atoms with Gasteiger partial charge in [-0.05, 0) is 52.9 Å². The predicted molar refractivity (Wildman–Crippen MR) is 66.0 cm³/mol. The van der Waals surface area contributed by atoms with Gasteiger partial charge in [0.05, 0.1) is 0 Å². The van der Waals surface area contributed by atoms with E-state index in [9.17, 15) is 0 Å². The van der Waals surface area contributed by atoms with Crippen LogP contribution >= 0.6 is 0 Å². The fourth-order valence-corrected chi connectivity index (χ4v) is 2.33. The Morgan fingerprint density at radius 1 is 1.40 bits per heavy atom. The van der Waals surface area contributed by atoms with Crippen LogP contribution in [-0.2, 0) is 0 Å². The van der Waals surface area contributed by atoms with Crippen LogP contribution in [-0.4, -0.2) is 55.6 Å². The van der Waals surface area contributed by atoms with Gasteiger partial charge >= 0.3 is 0 Å². The molecule has 1 rings (SSSR count). The lowest BCUT2D eigenvalue weighted by Gasteiger charge is -2.41. The van der Waals surface area contributed by atoms with Gasteiger partial charge in [0.25, 0.3) is 0 Å². The van der Waals surface area contributed by atoms with Crippen LogP contribution in [0.5, 0.6) is 0 Å². The first kappa shape index (κ1) is 12.9. The van der Waals surface area contributed by atoms with Crippen molar-refractivity contribution < 1.29 is 0 Å². The molecule has 0 aliphatic carbocycles. The van der Waals surface area contributed by atoms with E-state index in [4.69, 9.17) is 5.73 Å². The molecule has 3 unspecified atom stereocenters. The average molecular weight is 213 g/mol. The molecule has 3 atom stereocenters. The third kappa shape index (κ3) is 3.44. The van der Waals surface area contributed by atoms with Crippen LogP contribution in [0, 0.1) is 5.92 Å². The highest BCUT2D eigenvalue weighted by Gasteiger charge is 2.26. The molecule has 0 amide bonds. The van der Waals surface area contributed by atoms with E-state index >= 15 is 0 Å². The van der Waals surface area contributed by atoms with Gasteiger partial charge in [-0.15, -0.1) is 0 Å². The van der Waals surface area contributed by atoms with Gasteiger partial charge in [-0.1, -0.05) is 6.92 Å². The summed E-state index contributed by atoms with van der Waals surface area (Å²) in [6, 6.07) is 1.35. The van der Waals surface area contributed by atoms with Gasteiger partial charge in [0.15, 0.2) is 0 Å². The Kier molecular flexibility index (Phi) is 5.03. The fraction of sp³-hybridized carbons (Fsp3) is 1.00. The van der Waals surface area contributed by atoms with Crippen LogP contribution in [0.25, 0.3) is 0 Å². The van der Waals surface area contributed by atoms with E-state index in [0.717, 1.165) is 12.6 Å². The summed E-state index contributed by atoms with van der Waals surface area (Å²) in [5.74, 6) is 0.603. The van der Waals surface area contributed by atoms with Gasteiger partial charge in [0, 0.05) is 18.6 Å². The average Bonchev–Trinajstić information content (AvgIpc) is 2.27. The molecule has 0 saturated carbocycles.